The Morgan fingerprint density at radius 3 is 2.32 bits per heavy atom. The molecule has 1 amide bonds. The standard InChI is InChI=1S/C19H19Cl3N2O3S/c1-12-2-3-14(20)10-17(12)23-19(25)13-6-8-24(9-7-13)28(26,27)18-11-15(21)4-5-16(18)22/h2-5,10-11,13H,6-9H2,1H3,(H,23,25). The largest absolute Gasteiger partial charge is 0.326 e. The third-order valence-electron chi connectivity index (χ3n) is 4.79. The molecule has 0 aliphatic carbocycles. The van der Waals surface area contributed by atoms with E-state index in [1.807, 2.05) is 13.0 Å². The number of hydrogen-bond donors (Lipinski definition) is 1. The molecule has 0 spiro atoms. The number of nitrogens with one attached hydrogen (secondary N) is 1. The summed E-state index contributed by atoms with van der Waals surface area (Å²) in [6.45, 7) is 2.35. The van der Waals surface area contributed by atoms with Crippen molar-refractivity contribution >= 4 is 56.4 Å². The highest BCUT2D eigenvalue weighted by Gasteiger charge is 2.33. The Hall–Kier alpha value is -1.31. The highest BCUT2D eigenvalue weighted by molar-refractivity contribution is 7.89. The molecule has 0 bridgehead atoms. The van der Waals surface area contributed by atoms with Gasteiger partial charge in [-0.15, -0.1) is 0 Å². The fourth-order valence-corrected chi connectivity index (χ4v) is 5.52. The van der Waals surface area contributed by atoms with Gasteiger partial charge < -0.3 is 5.32 Å². The van der Waals surface area contributed by atoms with Gasteiger partial charge in [-0.05, 0) is 55.7 Å². The fraction of sp³-hybridized carbons (Fsp3) is 0.316. The SMILES string of the molecule is Cc1ccc(Cl)cc1NC(=O)C1CCN(S(=O)(=O)c2cc(Cl)ccc2Cl)CC1. The molecular formula is C19H19Cl3N2O3S. The van der Waals surface area contributed by atoms with Gasteiger partial charge in [-0.2, -0.15) is 4.31 Å². The van der Waals surface area contributed by atoms with E-state index in [1.165, 1.54) is 22.5 Å². The monoisotopic (exact) mass is 460 g/mol. The van der Waals surface area contributed by atoms with Crippen molar-refractivity contribution in [1.82, 2.24) is 4.31 Å². The number of sulfonamides is 1. The van der Waals surface area contributed by atoms with Crippen molar-refractivity contribution in [2.24, 2.45) is 5.92 Å². The molecule has 1 aliphatic rings. The first-order valence-electron chi connectivity index (χ1n) is 8.70. The summed E-state index contributed by atoms with van der Waals surface area (Å²) in [5.74, 6) is -0.414. The van der Waals surface area contributed by atoms with Gasteiger partial charge in [0.2, 0.25) is 15.9 Å². The highest BCUT2D eigenvalue weighted by Crippen LogP contribution is 2.31. The van der Waals surface area contributed by atoms with E-state index in [-0.39, 0.29) is 34.8 Å². The molecule has 1 heterocycles. The Bertz CT molecular complexity index is 1000. The summed E-state index contributed by atoms with van der Waals surface area (Å²) in [6.07, 6.45) is 0.839. The number of aryl methyl sites for hydroxylation is 1. The van der Waals surface area contributed by atoms with Crippen molar-refractivity contribution in [3.05, 3.63) is 57.0 Å². The van der Waals surface area contributed by atoms with Crippen LogP contribution in [0.4, 0.5) is 5.69 Å². The number of carbonyl (C=O) groups is 1. The molecule has 3 rings (SSSR count). The van der Waals surface area contributed by atoms with Gasteiger partial charge in [-0.3, -0.25) is 4.79 Å². The number of piperidine rings is 1. The Balaban J connectivity index is 1.67. The molecule has 0 aromatic heterocycles. The molecule has 2 aromatic rings. The number of benzene rings is 2. The maximum absolute atomic E-state index is 12.9. The second-order valence-electron chi connectivity index (χ2n) is 6.70. The van der Waals surface area contributed by atoms with Crippen molar-refractivity contribution < 1.29 is 13.2 Å². The normalized spacial score (nSPS) is 16.1. The van der Waals surface area contributed by atoms with Crippen LogP contribution < -0.4 is 5.32 Å². The van der Waals surface area contributed by atoms with Crippen molar-refractivity contribution in [3.8, 4) is 0 Å². The first-order valence-corrected chi connectivity index (χ1v) is 11.3. The second kappa shape index (κ2) is 8.59. The summed E-state index contributed by atoms with van der Waals surface area (Å²) in [5, 5.41) is 3.86. The van der Waals surface area contributed by atoms with E-state index in [4.69, 9.17) is 34.8 Å². The molecular weight excluding hydrogens is 443 g/mol. The molecule has 0 unspecified atom stereocenters. The van der Waals surface area contributed by atoms with Crippen molar-refractivity contribution in [3.63, 3.8) is 0 Å². The van der Waals surface area contributed by atoms with Gasteiger partial charge in [-0.25, -0.2) is 8.42 Å². The molecule has 28 heavy (non-hydrogen) atoms. The van der Waals surface area contributed by atoms with Crippen LogP contribution in [0.25, 0.3) is 0 Å². The Kier molecular flexibility index (Phi) is 6.57. The second-order valence-corrected chi connectivity index (χ2v) is 9.89. The zero-order chi connectivity index (χ0) is 20.5. The molecule has 5 nitrogen and oxygen atoms in total. The minimum atomic E-state index is -3.77. The first kappa shape index (κ1) is 21.4. The lowest BCUT2D eigenvalue weighted by Crippen LogP contribution is -2.41. The maximum Gasteiger partial charge on any atom is 0.244 e. The number of carbonyl (C=O) groups excluding carboxylic acids is 1. The quantitative estimate of drug-likeness (QED) is 0.697. The summed E-state index contributed by atoms with van der Waals surface area (Å²) in [4.78, 5) is 12.6. The Labute approximate surface area is 179 Å². The van der Waals surface area contributed by atoms with E-state index in [0.29, 0.717) is 28.6 Å². The third-order valence-corrected chi connectivity index (χ3v) is 7.64. The average Bonchev–Trinajstić information content (AvgIpc) is 2.66. The minimum absolute atomic E-state index is 0.0147. The highest BCUT2D eigenvalue weighted by atomic mass is 35.5. The summed E-state index contributed by atoms with van der Waals surface area (Å²) < 4.78 is 27.1. The third kappa shape index (κ3) is 4.63. The van der Waals surface area contributed by atoms with Gasteiger partial charge in [0.05, 0.1) is 5.02 Å². The molecule has 150 valence electrons. The van der Waals surface area contributed by atoms with Crippen LogP contribution in [-0.4, -0.2) is 31.7 Å². The van der Waals surface area contributed by atoms with Gasteiger partial charge in [-0.1, -0.05) is 40.9 Å². The van der Waals surface area contributed by atoms with E-state index in [0.717, 1.165) is 5.56 Å². The van der Waals surface area contributed by atoms with Crippen molar-refractivity contribution in [2.75, 3.05) is 18.4 Å². The van der Waals surface area contributed by atoms with Gasteiger partial charge >= 0.3 is 0 Å². The van der Waals surface area contributed by atoms with Crippen LogP contribution in [0.2, 0.25) is 15.1 Å². The molecule has 1 fully saturated rings. The summed E-state index contributed by atoms with van der Waals surface area (Å²) >= 11 is 18.0. The molecule has 2 aromatic carbocycles. The van der Waals surface area contributed by atoms with E-state index in [2.05, 4.69) is 5.32 Å². The molecule has 0 atom stereocenters. The smallest absolute Gasteiger partial charge is 0.244 e. The van der Waals surface area contributed by atoms with Crippen molar-refractivity contribution in [2.45, 2.75) is 24.7 Å². The van der Waals surface area contributed by atoms with Gasteiger partial charge in [0.25, 0.3) is 0 Å². The first-order chi connectivity index (χ1) is 13.2. The number of hydrogen-bond acceptors (Lipinski definition) is 3. The molecule has 1 aliphatic heterocycles. The molecule has 0 saturated carbocycles. The van der Waals surface area contributed by atoms with Crippen LogP contribution in [0.1, 0.15) is 18.4 Å². The molecule has 1 saturated heterocycles. The maximum atomic E-state index is 12.9. The van der Waals surface area contributed by atoms with Crippen LogP contribution in [0, 0.1) is 12.8 Å². The number of anilines is 1. The molecule has 9 heteroatoms. The number of amides is 1. The lowest BCUT2D eigenvalue weighted by Gasteiger charge is -2.31. The Morgan fingerprint density at radius 2 is 1.64 bits per heavy atom. The van der Waals surface area contributed by atoms with Crippen LogP contribution in [-0.2, 0) is 14.8 Å². The van der Waals surface area contributed by atoms with Crippen molar-refractivity contribution in [1.29, 1.82) is 0 Å². The molecule has 0 radical (unpaired) electrons. The number of halogens is 3. The lowest BCUT2D eigenvalue weighted by molar-refractivity contribution is -0.120. The van der Waals surface area contributed by atoms with E-state index in [9.17, 15) is 13.2 Å². The van der Waals surface area contributed by atoms with E-state index in [1.54, 1.807) is 12.1 Å². The average molecular weight is 462 g/mol. The fourth-order valence-electron chi connectivity index (χ4n) is 3.14. The minimum Gasteiger partial charge on any atom is -0.326 e. The number of rotatable bonds is 4. The van der Waals surface area contributed by atoms with Crippen LogP contribution in [0.3, 0.4) is 0 Å². The van der Waals surface area contributed by atoms with E-state index < -0.39 is 10.0 Å². The zero-order valence-corrected chi connectivity index (χ0v) is 18.2. The summed E-state index contributed by atoms with van der Waals surface area (Å²) in [5.41, 5.74) is 1.58. The topological polar surface area (TPSA) is 66.5 Å². The predicted octanol–water partition coefficient (Wildman–Crippen LogP) is 4.99. The molecule has 1 N–H and O–H groups in total. The lowest BCUT2D eigenvalue weighted by atomic mass is 9.97. The summed E-state index contributed by atoms with van der Waals surface area (Å²) in [6, 6.07) is 9.65. The number of nitrogens with zero attached hydrogens (tertiary/aromatic N) is 1. The zero-order valence-electron chi connectivity index (χ0n) is 15.1. The summed E-state index contributed by atoms with van der Waals surface area (Å²) in [7, 11) is -3.77. The predicted molar refractivity (Wildman–Crippen MR) is 113 cm³/mol. The van der Waals surface area contributed by atoms with Crippen LogP contribution in [0.15, 0.2) is 41.3 Å². The van der Waals surface area contributed by atoms with Gasteiger partial charge in [0.1, 0.15) is 4.90 Å². The Morgan fingerprint density at radius 1 is 1.04 bits per heavy atom. The van der Waals surface area contributed by atoms with Crippen LogP contribution >= 0.6 is 34.8 Å². The van der Waals surface area contributed by atoms with Crippen LogP contribution in [0.5, 0.6) is 0 Å². The van der Waals surface area contributed by atoms with E-state index >= 15 is 0 Å². The van der Waals surface area contributed by atoms with Gasteiger partial charge in [0.15, 0.2) is 0 Å². The van der Waals surface area contributed by atoms with Gasteiger partial charge in [0, 0.05) is 34.7 Å².